The van der Waals surface area contributed by atoms with Crippen LogP contribution in [0.3, 0.4) is 0 Å². The maximum absolute atomic E-state index is 15.7. The molecule has 1 fully saturated rings. The van der Waals surface area contributed by atoms with E-state index in [2.05, 4.69) is 9.98 Å². The minimum atomic E-state index is -3.93. The van der Waals surface area contributed by atoms with Gasteiger partial charge in [-0.15, -0.1) is 0 Å². The first-order chi connectivity index (χ1) is 18.4. The van der Waals surface area contributed by atoms with Crippen molar-refractivity contribution in [2.45, 2.75) is 37.5 Å². The van der Waals surface area contributed by atoms with Crippen molar-refractivity contribution in [1.82, 2.24) is 9.55 Å². The quantitative estimate of drug-likeness (QED) is 0.286. The molecule has 0 amide bonds. The summed E-state index contributed by atoms with van der Waals surface area (Å²) in [6.07, 6.45) is 6.03. The fourth-order valence-electron chi connectivity index (χ4n) is 4.69. The molecule has 3 unspecified atom stereocenters. The minimum Gasteiger partial charge on any atom is -0.284 e. The van der Waals surface area contributed by atoms with Crippen LogP contribution in [0.25, 0.3) is 6.20 Å². The molecule has 0 bridgehead atoms. The molecule has 204 valence electrons. The molecule has 2 heterocycles. The number of pyridine rings is 2. The van der Waals surface area contributed by atoms with Crippen LogP contribution in [-0.4, -0.2) is 29.9 Å². The van der Waals surface area contributed by atoms with Gasteiger partial charge >= 0.3 is 0 Å². The SMILES string of the molecule is C/C=C/N=C(/C(F)=C/n1c(C)cc(C2C(C)C2c2ccc(Cl)cn2)c(Cl)c1=O)c1cccc(S(C)(=O)=O)c1F. The van der Waals surface area contributed by atoms with Crippen LogP contribution < -0.4 is 5.56 Å². The van der Waals surface area contributed by atoms with Crippen LogP contribution in [0.1, 0.15) is 48.2 Å². The number of aryl methyl sites for hydroxylation is 1. The summed E-state index contributed by atoms with van der Waals surface area (Å²) in [4.78, 5) is 21.1. The Bertz CT molecular complexity index is 1700. The highest BCUT2D eigenvalue weighted by Gasteiger charge is 2.50. The van der Waals surface area contributed by atoms with Gasteiger partial charge in [0.15, 0.2) is 21.5 Å². The number of hydrogen-bond acceptors (Lipinski definition) is 5. The molecule has 0 spiro atoms. The molecule has 1 aliphatic carbocycles. The molecular weight excluding hydrogens is 567 g/mol. The number of rotatable bonds is 7. The van der Waals surface area contributed by atoms with E-state index >= 15 is 8.78 Å². The summed E-state index contributed by atoms with van der Waals surface area (Å²) in [7, 11) is -3.93. The smallest absolute Gasteiger partial charge is 0.273 e. The van der Waals surface area contributed by atoms with Crippen LogP contribution in [0, 0.1) is 18.7 Å². The largest absolute Gasteiger partial charge is 0.284 e. The van der Waals surface area contributed by atoms with Gasteiger partial charge in [-0.3, -0.25) is 19.3 Å². The number of aliphatic imine (C=N–C) groups is 1. The van der Waals surface area contributed by atoms with E-state index in [1.54, 1.807) is 32.2 Å². The van der Waals surface area contributed by atoms with E-state index in [0.29, 0.717) is 16.3 Å². The Morgan fingerprint density at radius 1 is 1.18 bits per heavy atom. The van der Waals surface area contributed by atoms with Crippen molar-refractivity contribution in [2.24, 2.45) is 10.9 Å². The summed E-state index contributed by atoms with van der Waals surface area (Å²) in [5.74, 6) is -2.04. The topological polar surface area (TPSA) is 81.4 Å². The van der Waals surface area contributed by atoms with Crippen LogP contribution in [0.5, 0.6) is 0 Å². The first-order valence-corrected chi connectivity index (χ1v) is 14.6. The lowest BCUT2D eigenvalue weighted by Gasteiger charge is -2.12. The van der Waals surface area contributed by atoms with Crippen molar-refractivity contribution >= 4 is 45.0 Å². The number of nitrogens with zero attached hydrogens (tertiary/aromatic N) is 3. The fraction of sp³-hybridized carbons (Fsp3) is 0.250. The van der Waals surface area contributed by atoms with Crippen LogP contribution >= 0.6 is 23.2 Å². The second-order valence-corrected chi connectivity index (χ2v) is 12.2. The van der Waals surface area contributed by atoms with Crippen molar-refractivity contribution < 1.29 is 17.2 Å². The zero-order valence-electron chi connectivity index (χ0n) is 21.5. The maximum Gasteiger partial charge on any atom is 0.273 e. The lowest BCUT2D eigenvalue weighted by Crippen LogP contribution is -2.21. The molecule has 0 N–H and O–H groups in total. The first kappa shape index (κ1) is 28.9. The van der Waals surface area contributed by atoms with Gasteiger partial charge in [0.2, 0.25) is 0 Å². The first-order valence-electron chi connectivity index (χ1n) is 11.9. The Kier molecular flexibility index (Phi) is 8.25. The average molecular weight is 592 g/mol. The standard InChI is InChI=1S/C28H25Cl2F2N3O3S/c1-5-11-33-27(18-7-6-8-22(26(18)32)39(4,37)38)20(31)14-35-15(2)12-19(25(30)28(35)36)23-16(3)24(23)21-10-9-17(29)13-34-21/h5-14,16,23-24H,1-4H3/b11-5+,20-14-,33-27+. The van der Waals surface area contributed by atoms with Gasteiger partial charge in [-0.25, -0.2) is 17.2 Å². The fourth-order valence-corrected chi connectivity index (χ4v) is 5.84. The highest BCUT2D eigenvalue weighted by atomic mass is 35.5. The van der Waals surface area contributed by atoms with E-state index in [0.717, 1.165) is 28.8 Å². The van der Waals surface area contributed by atoms with E-state index in [9.17, 15) is 13.2 Å². The van der Waals surface area contributed by atoms with Gasteiger partial charge in [-0.2, -0.15) is 0 Å². The highest BCUT2D eigenvalue weighted by Crippen LogP contribution is 2.60. The van der Waals surface area contributed by atoms with Crippen LogP contribution in [-0.2, 0) is 9.84 Å². The van der Waals surface area contributed by atoms with Gasteiger partial charge in [-0.1, -0.05) is 42.3 Å². The second kappa shape index (κ2) is 11.2. The monoisotopic (exact) mass is 591 g/mol. The Morgan fingerprint density at radius 2 is 1.90 bits per heavy atom. The molecule has 0 aliphatic heterocycles. The number of sulfone groups is 1. The van der Waals surface area contributed by atoms with E-state index in [-0.39, 0.29) is 28.3 Å². The van der Waals surface area contributed by atoms with E-state index in [1.165, 1.54) is 24.4 Å². The highest BCUT2D eigenvalue weighted by molar-refractivity contribution is 7.90. The molecule has 1 aliphatic rings. The van der Waals surface area contributed by atoms with Crippen molar-refractivity contribution in [3.63, 3.8) is 0 Å². The summed E-state index contributed by atoms with van der Waals surface area (Å²) in [6.45, 7) is 5.29. The molecule has 3 atom stereocenters. The Balaban J connectivity index is 1.77. The predicted octanol–water partition coefficient (Wildman–Crippen LogP) is 6.71. The Labute approximate surface area is 235 Å². The minimum absolute atomic E-state index is 0.0476. The average Bonchev–Trinajstić information content (AvgIpc) is 3.54. The molecule has 3 aromatic rings. The van der Waals surface area contributed by atoms with Gasteiger partial charge in [0, 0.05) is 41.5 Å². The van der Waals surface area contributed by atoms with Gasteiger partial charge < -0.3 is 0 Å². The van der Waals surface area contributed by atoms with Crippen molar-refractivity contribution in [3.05, 3.63) is 109 Å². The lowest BCUT2D eigenvalue weighted by atomic mass is 10.1. The molecule has 0 saturated heterocycles. The van der Waals surface area contributed by atoms with Gasteiger partial charge in [0.1, 0.15) is 15.6 Å². The van der Waals surface area contributed by atoms with Crippen LogP contribution in [0.2, 0.25) is 10.0 Å². The van der Waals surface area contributed by atoms with Gasteiger partial charge in [0.25, 0.3) is 5.56 Å². The zero-order valence-corrected chi connectivity index (χ0v) is 23.8. The molecule has 1 saturated carbocycles. The van der Waals surface area contributed by atoms with Crippen LogP contribution in [0.15, 0.2) is 75.4 Å². The van der Waals surface area contributed by atoms with E-state index < -0.39 is 37.6 Å². The predicted molar refractivity (Wildman–Crippen MR) is 151 cm³/mol. The molecule has 4 rings (SSSR count). The zero-order chi connectivity index (χ0) is 28.6. The lowest BCUT2D eigenvalue weighted by molar-refractivity contribution is 0.568. The van der Waals surface area contributed by atoms with Crippen LogP contribution in [0.4, 0.5) is 8.78 Å². The Hall–Kier alpha value is -3.14. The summed E-state index contributed by atoms with van der Waals surface area (Å²) in [6, 6.07) is 8.91. The molecule has 2 aromatic heterocycles. The molecule has 11 heteroatoms. The number of allylic oxidation sites excluding steroid dienone is 2. The van der Waals surface area contributed by atoms with Crippen molar-refractivity contribution in [3.8, 4) is 0 Å². The maximum atomic E-state index is 15.7. The van der Waals surface area contributed by atoms with Crippen molar-refractivity contribution in [1.29, 1.82) is 0 Å². The Morgan fingerprint density at radius 3 is 2.51 bits per heavy atom. The molecule has 39 heavy (non-hydrogen) atoms. The molecule has 6 nitrogen and oxygen atoms in total. The van der Waals surface area contributed by atoms with Gasteiger partial charge in [0.05, 0.1) is 11.2 Å². The molecule has 0 radical (unpaired) electrons. The van der Waals surface area contributed by atoms with Gasteiger partial charge in [-0.05, 0) is 61.6 Å². The van der Waals surface area contributed by atoms with E-state index in [1.807, 2.05) is 13.0 Å². The summed E-state index contributed by atoms with van der Waals surface area (Å²) < 4.78 is 55.9. The number of benzene rings is 1. The third-order valence-electron chi connectivity index (χ3n) is 6.67. The molecular formula is C28H25Cl2F2N3O3S. The van der Waals surface area contributed by atoms with Crippen molar-refractivity contribution in [2.75, 3.05) is 6.26 Å². The van der Waals surface area contributed by atoms with E-state index in [4.69, 9.17) is 23.2 Å². The number of halogens is 4. The summed E-state index contributed by atoms with van der Waals surface area (Å²) in [5, 5.41) is 0.462. The second-order valence-electron chi connectivity index (χ2n) is 9.37. The summed E-state index contributed by atoms with van der Waals surface area (Å²) in [5.41, 5.74) is 0.361. The number of hydrogen-bond donors (Lipinski definition) is 0. The molecule has 1 aromatic carbocycles. The third-order valence-corrected chi connectivity index (χ3v) is 8.39. The summed E-state index contributed by atoms with van der Waals surface area (Å²) >= 11 is 12.5. The number of aromatic nitrogens is 2. The third kappa shape index (κ3) is 5.76. The normalized spacial score (nSPS) is 20.1.